The zero-order valence-corrected chi connectivity index (χ0v) is 21.5. The lowest BCUT2D eigenvalue weighted by Crippen LogP contribution is -2.25. The van der Waals surface area contributed by atoms with Crippen molar-refractivity contribution in [2.45, 2.75) is 11.0 Å². The van der Waals surface area contributed by atoms with E-state index < -0.39 is 7.05 Å². The average molecular weight is 506 g/mol. The molecule has 5 heteroatoms. The predicted molar refractivity (Wildman–Crippen MR) is 151 cm³/mol. The fourth-order valence-corrected chi connectivity index (χ4v) is 10.9. The van der Waals surface area contributed by atoms with Gasteiger partial charge in [0.05, 0.1) is 17.3 Å². The third-order valence-corrected chi connectivity index (χ3v) is 12.6. The van der Waals surface area contributed by atoms with E-state index in [1.807, 2.05) is 29.6 Å². The van der Waals surface area contributed by atoms with Crippen molar-refractivity contribution in [1.29, 1.82) is 0 Å². The number of hydrogen-bond acceptors (Lipinski definition) is 3. The monoisotopic (exact) mass is 505 g/mol. The first-order valence-electron chi connectivity index (χ1n) is 11.1. The largest absolute Gasteiger partial charge is 0.254 e. The zero-order chi connectivity index (χ0) is 22.5. The van der Waals surface area contributed by atoms with Gasteiger partial charge in [-0.05, 0) is 36.1 Å². The smallest absolute Gasteiger partial charge is 0.0772 e. The van der Waals surface area contributed by atoms with Crippen LogP contribution in [-0.2, 0) is 0 Å². The Balaban J connectivity index is 1.85. The lowest BCUT2D eigenvalue weighted by molar-refractivity contribution is 1.10. The molecule has 0 bridgehead atoms. The second-order valence-corrected chi connectivity index (χ2v) is 14.1. The molecule has 1 saturated heterocycles. The number of rotatable bonds is 5. The first-order valence-corrected chi connectivity index (χ1v) is 15.3. The average Bonchev–Trinajstić information content (AvgIpc) is 2.90. The van der Waals surface area contributed by atoms with E-state index >= 15 is 0 Å². The summed E-state index contributed by atoms with van der Waals surface area (Å²) in [6.07, 6.45) is 1.26. The Labute approximate surface area is 210 Å². The first-order chi connectivity index (χ1) is 16.3. The molecular weight excluding hydrogens is 481 g/mol. The van der Waals surface area contributed by atoms with E-state index in [2.05, 4.69) is 103 Å². The van der Waals surface area contributed by atoms with Crippen LogP contribution in [0.1, 0.15) is 16.6 Å². The van der Waals surface area contributed by atoms with Crippen molar-refractivity contribution in [3.05, 3.63) is 120 Å². The van der Waals surface area contributed by atoms with Crippen LogP contribution < -0.4 is 15.9 Å². The van der Waals surface area contributed by atoms with Crippen LogP contribution in [0.5, 0.6) is 0 Å². The van der Waals surface area contributed by atoms with Crippen LogP contribution in [0.25, 0.3) is 0 Å². The van der Waals surface area contributed by atoms with Gasteiger partial charge in [0.25, 0.3) is 0 Å². The lowest BCUT2D eigenvalue weighted by atomic mass is 10.2. The molecule has 5 rings (SSSR count). The summed E-state index contributed by atoms with van der Waals surface area (Å²) in [4.78, 5) is 0. The summed E-state index contributed by atoms with van der Waals surface area (Å²) in [5.74, 6) is 2.36. The van der Waals surface area contributed by atoms with Gasteiger partial charge >= 0.3 is 0 Å². The van der Waals surface area contributed by atoms with E-state index in [1.54, 1.807) is 0 Å². The SMILES string of the molecule is Clc1ccc(N=P(c2ccccc2)(c2ccccc2)c2ccccc2)c(C2SCCCS2)c1. The van der Waals surface area contributed by atoms with Gasteiger partial charge in [-0.15, -0.1) is 23.5 Å². The molecule has 1 fully saturated rings. The molecule has 166 valence electrons. The predicted octanol–water partition coefficient (Wildman–Crippen LogP) is 8.02. The topological polar surface area (TPSA) is 12.4 Å². The van der Waals surface area contributed by atoms with Crippen molar-refractivity contribution in [2.24, 2.45) is 4.74 Å². The van der Waals surface area contributed by atoms with Crippen LogP contribution in [0, 0.1) is 0 Å². The Kier molecular flexibility index (Phi) is 7.33. The summed E-state index contributed by atoms with van der Waals surface area (Å²) in [7, 11) is -2.30. The van der Waals surface area contributed by atoms with Gasteiger partial charge in [-0.2, -0.15) is 0 Å². The number of benzene rings is 4. The molecule has 0 aliphatic carbocycles. The van der Waals surface area contributed by atoms with Gasteiger partial charge in [-0.3, -0.25) is 4.74 Å². The van der Waals surface area contributed by atoms with Crippen molar-refractivity contribution >= 4 is 63.8 Å². The highest BCUT2D eigenvalue weighted by atomic mass is 35.5. The van der Waals surface area contributed by atoms with Crippen LogP contribution in [0.4, 0.5) is 5.69 Å². The Bertz CT molecular complexity index is 1150. The van der Waals surface area contributed by atoms with Crippen molar-refractivity contribution in [1.82, 2.24) is 0 Å². The molecule has 33 heavy (non-hydrogen) atoms. The van der Waals surface area contributed by atoms with Gasteiger partial charge in [0.1, 0.15) is 0 Å². The minimum atomic E-state index is -2.30. The molecule has 0 unspecified atom stereocenters. The summed E-state index contributed by atoms with van der Waals surface area (Å²) >= 11 is 10.5. The number of thioether (sulfide) groups is 2. The molecule has 0 atom stereocenters. The molecule has 1 aliphatic rings. The normalized spacial score (nSPS) is 14.7. The molecule has 0 aromatic heterocycles. The second kappa shape index (κ2) is 10.6. The number of nitrogens with zero attached hydrogens (tertiary/aromatic N) is 1. The Hall–Kier alpha value is -1.90. The maximum atomic E-state index is 6.51. The maximum absolute atomic E-state index is 6.51. The van der Waals surface area contributed by atoms with E-state index in [0.29, 0.717) is 4.58 Å². The van der Waals surface area contributed by atoms with E-state index in [4.69, 9.17) is 16.3 Å². The van der Waals surface area contributed by atoms with Crippen LogP contribution >= 0.6 is 42.2 Å². The zero-order valence-electron chi connectivity index (χ0n) is 18.2. The van der Waals surface area contributed by atoms with E-state index in [1.165, 1.54) is 39.4 Å². The van der Waals surface area contributed by atoms with Crippen LogP contribution in [0.3, 0.4) is 0 Å². The molecule has 1 aliphatic heterocycles. The van der Waals surface area contributed by atoms with E-state index in [0.717, 1.165) is 10.7 Å². The molecular formula is C28H25ClNPS2. The molecule has 1 nitrogen and oxygen atoms in total. The van der Waals surface area contributed by atoms with E-state index in [-0.39, 0.29) is 0 Å². The molecule has 0 amide bonds. The fourth-order valence-electron chi connectivity index (χ4n) is 4.19. The third-order valence-electron chi connectivity index (χ3n) is 5.72. The third kappa shape index (κ3) is 4.84. The molecule has 0 saturated carbocycles. The Morgan fingerprint density at radius 2 is 1.15 bits per heavy atom. The molecule has 0 radical (unpaired) electrons. The fraction of sp³-hybridized carbons (Fsp3) is 0.143. The van der Waals surface area contributed by atoms with Gasteiger partial charge in [-0.1, -0.05) is 103 Å². The van der Waals surface area contributed by atoms with Gasteiger partial charge in [0.15, 0.2) is 0 Å². The summed E-state index contributed by atoms with van der Waals surface area (Å²) < 4.78 is 6.10. The van der Waals surface area contributed by atoms with Crippen LogP contribution in [0.2, 0.25) is 5.02 Å². The van der Waals surface area contributed by atoms with Gasteiger partial charge in [0, 0.05) is 26.5 Å². The maximum Gasteiger partial charge on any atom is 0.0772 e. The minimum Gasteiger partial charge on any atom is -0.254 e. The second-order valence-electron chi connectivity index (χ2n) is 7.87. The molecule has 1 heterocycles. The quantitative estimate of drug-likeness (QED) is 0.254. The highest BCUT2D eigenvalue weighted by molar-refractivity contribution is 8.16. The summed E-state index contributed by atoms with van der Waals surface area (Å²) in [6, 6.07) is 38.6. The molecule has 0 spiro atoms. The Morgan fingerprint density at radius 3 is 1.64 bits per heavy atom. The summed E-state index contributed by atoms with van der Waals surface area (Å²) in [6.45, 7) is 0. The molecule has 4 aromatic carbocycles. The van der Waals surface area contributed by atoms with Crippen molar-refractivity contribution < 1.29 is 0 Å². The van der Waals surface area contributed by atoms with Crippen molar-refractivity contribution in [3.8, 4) is 0 Å². The van der Waals surface area contributed by atoms with E-state index in [9.17, 15) is 0 Å². The highest BCUT2D eigenvalue weighted by Crippen LogP contribution is 2.53. The Morgan fingerprint density at radius 1 is 0.667 bits per heavy atom. The summed E-state index contributed by atoms with van der Waals surface area (Å²) in [5.41, 5.74) is 2.29. The van der Waals surface area contributed by atoms with Crippen LogP contribution in [-0.4, -0.2) is 11.5 Å². The standard InChI is InChI=1S/C28H25ClNPS2/c29-22-17-18-27(26(21-22)28-32-19-10-20-33-28)30-31(23-11-4-1-5-12-23,24-13-6-2-7-14-24)25-15-8-3-9-16-25/h1-9,11-18,21,28H,10,19-20H2. The summed E-state index contributed by atoms with van der Waals surface area (Å²) in [5, 5.41) is 4.55. The minimum absolute atomic E-state index is 0.362. The molecule has 4 aromatic rings. The lowest BCUT2D eigenvalue weighted by Gasteiger charge is -2.28. The van der Waals surface area contributed by atoms with Crippen molar-refractivity contribution in [2.75, 3.05) is 11.5 Å². The van der Waals surface area contributed by atoms with Crippen molar-refractivity contribution in [3.63, 3.8) is 0 Å². The number of hydrogen-bond donors (Lipinski definition) is 0. The number of halogens is 1. The highest BCUT2D eigenvalue weighted by Gasteiger charge is 2.29. The molecule has 0 N–H and O–H groups in total. The first kappa shape index (κ1) is 22.9. The van der Waals surface area contributed by atoms with Crippen LogP contribution in [0.15, 0.2) is 114 Å². The van der Waals surface area contributed by atoms with Gasteiger partial charge in [-0.25, -0.2) is 0 Å². The van der Waals surface area contributed by atoms with Gasteiger partial charge < -0.3 is 0 Å². The van der Waals surface area contributed by atoms with Gasteiger partial charge in [0.2, 0.25) is 0 Å².